The summed E-state index contributed by atoms with van der Waals surface area (Å²) in [5.74, 6) is -1.28. The number of rotatable bonds is 7. The molecule has 0 fully saturated rings. The van der Waals surface area contributed by atoms with E-state index >= 15 is 0 Å². The van der Waals surface area contributed by atoms with Gasteiger partial charge in [-0.15, -0.1) is 0 Å². The Morgan fingerprint density at radius 1 is 1.06 bits per heavy atom. The molecule has 0 radical (unpaired) electrons. The minimum absolute atomic E-state index is 0.181. The van der Waals surface area contributed by atoms with Crippen molar-refractivity contribution >= 4 is 22.4 Å². The van der Waals surface area contributed by atoms with E-state index < -0.39 is 17.5 Å². The molecular weight excluding hydrogens is 448 g/mol. The van der Waals surface area contributed by atoms with Crippen LogP contribution in [0.2, 0.25) is 0 Å². The Kier molecular flexibility index (Phi) is 7.01. The van der Waals surface area contributed by atoms with Crippen LogP contribution in [-0.2, 0) is 11.3 Å². The molecule has 0 bridgehead atoms. The van der Waals surface area contributed by atoms with E-state index in [0.717, 1.165) is 39.8 Å². The van der Waals surface area contributed by atoms with Gasteiger partial charge in [-0.2, -0.15) is 0 Å². The summed E-state index contributed by atoms with van der Waals surface area (Å²) in [6.07, 6.45) is 3.13. The molecule has 4 rings (SSSR count). The first-order valence-corrected chi connectivity index (χ1v) is 11.4. The van der Waals surface area contributed by atoms with E-state index in [1.165, 1.54) is 17.7 Å². The number of hydrogen-bond donors (Lipinski definition) is 1. The second kappa shape index (κ2) is 10.1. The van der Waals surface area contributed by atoms with E-state index in [2.05, 4.69) is 37.4 Å². The highest BCUT2D eigenvalue weighted by molar-refractivity contribution is 6.00. The molecule has 4 nitrogen and oxygen atoms in total. The first kappa shape index (κ1) is 24.2. The Morgan fingerprint density at radius 3 is 2.49 bits per heavy atom. The number of ether oxygens (including phenoxy) is 1. The monoisotopic (exact) mass is 475 g/mol. The van der Waals surface area contributed by atoms with E-state index in [9.17, 15) is 13.6 Å². The maximum Gasteiger partial charge on any atom is 0.244 e. The Hall–Kier alpha value is -3.93. The van der Waals surface area contributed by atoms with E-state index in [1.807, 2.05) is 19.1 Å². The molecule has 0 aliphatic carbocycles. The minimum atomic E-state index is -0.700. The summed E-state index contributed by atoms with van der Waals surface area (Å²) in [6, 6.07) is 13.6. The molecule has 35 heavy (non-hydrogen) atoms. The maximum absolute atomic E-state index is 13.9. The molecule has 180 valence electrons. The summed E-state index contributed by atoms with van der Waals surface area (Å²) in [5.41, 5.74) is 6.21. The second-order valence-corrected chi connectivity index (χ2v) is 8.49. The number of carbonyl (C=O) groups excluding carboxylic acids is 1. The molecule has 0 saturated carbocycles. The van der Waals surface area contributed by atoms with Gasteiger partial charge in [-0.05, 0) is 62.6 Å². The van der Waals surface area contributed by atoms with Crippen LogP contribution in [0.3, 0.4) is 0 Å². The average Bonchev–Trinajstić information content (AvgIpc) is 3.21. The fraction of sp³-hybridized carbons (Fsp3) is 0.207. The molecule has 0 aliphatic rings. The van der Waals surface area contributed by atoms with Crippen molar-refractivity contribution in [1.29, 1.82) is 0 Å². The van der Waals surface area contributed by atoms with Crippen LogP contribution in [0.5, 0.6) is 5.75 Å². The topological polar surface area (TPSA) is 51.5 Å². The number of amides is 1. The Bertz CT molecular complexity index is 1420. The molecular formula is C29H27F2NO3. The van der Waals surface area contributed by atoms with Gasteiger partial charge >= 0.3 is 0 Å². The fourth-order valence-corrected chi connectivity index (χ4v) is 4.16. The zero-order chi connectivity index (χ0) is 25.1. The first-order chi connectivity index (χ1) is 16.8. The van der Waals surface area contributed by atoms with Crippen molar-refractivity contribution in [3.8, 4) is 16.9 Å². The van der Waals surface area contributed by atoms with Crippen molar-refractivity contribution in [2.45, 2.75) is 34.2 Å². The number of carbonyl (C=O) groups is 1. The van der Waals surface area contributed by atoms with Gasteiger partial charge in [0.25, 0.3) is 0 Å². The zero-order valence-electron chi connectivity index (χ0n) is 20.2. The van der Waals surface area contributed by atoms with Crippen molar-refractivity contribution in [2.75, 3.05) is 6.61 Å². The highest BCUT2D eigenvalue weighted by Crippen LogP contribution is 2.38. The van der Waals surface area contributed by atoms with E-state index in [0.29, 0.717) is 23.5 Å². The third-order valence-corrected chi connectivity index (χ3v) is 5.92. The van der Waals surface area contributed by atoms with Gasteiger partial charge in [0.1, 0.15) is 23.0 Å². The second-order valence-electron chi connectivity index (χ2n) is 8.49. The fourth-order valence-electron chi connectivity index (χ4n) is 4.16. The number of hydrogen-bond acceptors (Lipinski definition) is 3. The highest BCUT2D eigenvalue weighted by atomic mass is 19.1. The van der Waals surface area contributed by atoms with Crippen LogP contribution in [0, 0.1) is 25.5 Å². The molecule has 0 spiro atoms. The average molecular weight is 476 g/mol. The van der Waals surface area contributed by atoms with Crippen LogP contribution in [0.15, 0.2) is 65.3 Å². The van der Waals surface area contributed by atoms with E-state index in [1.54, 1.807) is 13.2 Å². The van der Waals surface area contributed by atoms with Gasteiger partial charge in [-0.3, -0.25) is 4.79 Å². The summed E-state index contributed by atoms with van der Waals surface area (Å²) >= 11 is 0. The summed E-state index contributed by atoms with van der Waals surface area (Å²) in [4.78, 5) is 12.6. The largest absolute Gasteiger partial charge is 0.493 e. The van der Waals surface area contributed by atoms with Crippen LogP contribution in [0.1, 0.15) is 36.1 Å². The van der Waals surface area contributed by atoms with Crippen LogP contribution >= 0.6 is 0 Å². The number of aryl methyl sites for hydroxylation is 2. The van der Waals surface area contributed by atoms with Gasteiger partial charge < -0.3 is 14.5 Å². The lowest BCUT2D eigenvalue weighted by molar-refractivity contribution is -0.116. The van der Waals surface area contributed by atoms with Crippen LogP contribution in [0.25, 0.3) is 27.7 Å². The maximum atomic E-state index is 13.9. The third kappa shape index (κ3) is 5.11. The van der Waals surface area contributed by atoms with Crippen molar-refractivity contribution in [2.24, 2.45) is 0 Å². The molecule has 1 aromatic heterocycles. The Morgan fingerprint density at radius 2 is 1.80 bits per heavy atom. The van der Waals surface area contributed by atoms with Crippen molar-refractivity contribution in [3.05, 3.63) is 94.8 Å². The van der Waals surface area contributed by atoms with Gasteiger partial charge in [0, 0.05) is 40.8 Å². The molecule has 0 aliphatic heterocycles. The molecule has 4 aromatic rings. The smallest absolute Gasteiger partial charge is 0.244 e. The van der Waals surface area contributed by atoms with Gasteiger partial charge in [0.15, 0.2) is 0 Å². The molecule has 3 aromatic carbocycles. The first-order valence-electron chi connectivity index (χ1n) is 11.4. The SMILES string of the molecule is CCOc1cc2occ(-c3ccc(C)cc3C)c2cc1/C(C)=C/C(=O)NCc1c(F)cccc1F. The number of nitrogens with one attached hydrogen (secondary N) is 1. The van der Waals surface area contributed by atoms with Gasteiger partial charge in [0.2, 0.25) is 5.91 Å². The molecule has 1 heterocycles. The van der Waals surface area contributed by atoms with Crippen LogP contribution < -0.4 is 10.1 Å². The predicted octanol–water partition coefficient (Wildman–Crippen LogP) is 7.11. The van der Waals surface area contributed by atoms with E-state index in [4.69, 9.17) is 9.15 Å². The quantitative estimate of drug-likeness (QED) is 0.290. The van der Waals surface area contributed by atoms with Crippen molar-refractivity contribution in [3.63, 3.8) is 0 Å². The standard InChI is InChI=1S/C29H27F2NO3/c1-5-34-27-14-28-22(24(16-35-28)20-10-9-17(2)11-18(20)3)13-21(27)19(4)12-29(33)32-15-23-25(30)7-6-8-26(23)31/h6-14,16H,5,15H2,1-4H3,(H,32,33)/b19-12+. The van der Waals surface area contributed by atoms with Crippen LogP contribution in [-0.4, -0.2) is 12.5 Å². The third-order valence-electron chi connectivity index (χ3n) is 5.92. The van der Waals surface area contributed by atoms with Crippen LogP contribution in [0.4, 0.5) is 8.78 Å². The number of benzene rings is 3. The number of furan rings is 1. The Balaban J connectivity index is 1.68. The molecule has 1 N–H and O–H groups in total. The number of allylic oxidation sites excluding steroid dienone is 1. The molecule has 0 atom stereocenters. The lowest BCUT2D eigenvalue weighted by Gasteiger charge is -2.12. The lowest BCUT2D eigenvalue weighted by atomic mass is 9.96. The highest BCUT2D eigenvalue weighted by Gasteiger charge is 2.17. The predicted molar refractivity (Wildman–Crippen MR) is 134 cm³/mol. The van der Waals surface area contributed by atoms with Gasteiger partial charge in [0.05, 0.1) is 12.9 Å². The normalized spacial score (nSPS) is 11.7. The summed E-state index contributed by atoms with van der Waals surface area (Å²) in [6.45, 7) is 7.98. The van der Waals surface area contributed by atoms with E-state index in [-0.39, 0.29) is 12.1 Å². The minimum Gasteiger partial charge on any atom is -0.493 e. The van der Waals surface area contributed by atoms with Crippen molar-refractivity contribution in [1.82, 2.24) is 5.32 Å². The molecule has 0 saturated heterocycles. The number of halogens is 2. The molecule has 1 amide bonds. The van der Waals surface area contributed by atoms with Gasteiger partial charge in [-0.1, -0.05) is 29.8 Å². The lowest BCUT2D eigenvalue weighted by Crippen LogP contribution is -2.22. The van der Waals surface area contributed by atoms with Crippen molar-refractivity contribution < 1.29 is 22.7 Å². The number of fused-ring (bicyclic) bond motifs is 1. The summed E-state index contributed by atoms with van der Waals surface area (Å²) in [7, 11) is 0. The summed E-state index contributed by atoms with van der Waals surface area (Å²) in [5, 5.41) is 3.46. The van der Waals surface area contributed by atoms with Gasteiger partial charge in [-0.25, -0.2) is 8.78 Å². The summed E-state index contributed by atoms with van der Waals surface area (Å²) < 4.78 is 39.4. The molecule has 0 unspecified atom stereocenters. The molecule has 6 heteroatoms. The Labute approximate surface area is 203 Å². The zero-order valence-corrected chi connectivity index (χ0v) is 20.2.